The molecule has 0 spiro atoms. The van der Waals surface area contributed by atoms with E-state index in [1.807, 2.05) is 47.2 Å². The van der Waals surface area contributed by atoms with Crippen LogP contribution in [0.25, 0.3) is 6.08 Å². The molecule has 3 rings (SSSR count). The molecule has 0 fully saturated rings. The number of carbonyl (C=O) groups excluding carboxylic acids is 1. The SMILES string of the molecule is COCCn1c(N)c(N(Cc2ccccc2)C(=O)C=Cc2ccsc2)c(=O)[nH]c1=O. The van der Waals surface area contributed by atoms with Crippen molar-refractivity contribution in [3.63, 3.8) is 0 Å². The van der Waals surface area contributed by atoms with Gasteiger partial charge < -0.3 is 10.5 Å². The fraction of sp³-hybridized carbons (Fsp3) is 0.190. The van der Waals surface area contributed by atoms with Crippen LogP contribution >= 0.6 is 11.3 Å². The summed E-state index contributed by atoms with van der Waals surface area (Å²) in [7, 11) is 1.49. The van der Waals surface area contributed by atoms with E-state index in [0.717, 1.165) is 11.1 Å². The Labute approximate surface area is 176 Å². The summed E-state index contributed by atoms with van der Waals surface area (Å²) < 4.78 is 6.20. The number of hydrogen-bond acceptors (Lipinski definition) is 6. The van der Waals surface area contributed by atoms with E-state index < -0.39 is 17.2 Å². The van der Waals surface area contributed by atoms with E-state index in [1.54, 1.807) is 6.08 Å². The first-order valence-corrected chi connectivity index (χ1v) is 10.1. The van der Waals surface area contributed by atoms with Crippen molar-refractivity contribution in [2.45, 2.75) is 13.1 Å². The lowest BCUT2D eigenvalue weighted by Crippen LogP contribution is -2.40. The third kappa shape index (κ3) is 4.94. The van der Waals surface area contributed by atoms with Gasteiger partial charge in [0.1, 0.15) is 5.82 Å². The van der Waals surface area contributed by atoms with Crippen LogP contribution in [0.5, 0.6) is 0 Å². The monoisotopic (exact) mass is 426 g/mol. The number of thiophene rings is 1. The van der Waals surface area contributed by atoms with E-state index in [4.69, 9.17) is 10.5 Å². The van der Waals surface area contributed by atoms with Crippen molar-refractivity contribution in [2.24, 2.45) is 0 Å². The molecule has 3 N–H and O–H groups in total. The minimum Gasteiger partial charge on any atom is -0.383 e. The molecule has 1 aromatic carbocycles. The summed E-state index contributed by atoms with van der Waals surface area (Å²) in [5.74, 6) is -0.520. The number of H-pyrrole nitrogens is 1. The summed E-state index contributed by atoms with van der Waals surface area (Å²) in [4.78, 5) is 41.5. The number of carbonyl (C=O) groups is 1. The second kappa shape index (κ2) is 9.86. The topological polar surface area (TPSA) is 110 Å². The summed E-state index contributed by atoms with van der Waals surface area (Å²) in [5.41, 5.74) is 6.41. The molecule has 0 aliphatic heterocycles. The molecule has 0 aliphatic carbocycles. The average molecular weight is 426 g/mol. The Balaban J connectivity index is 2.06. The molecule has 3 aromatic rings. The maximum Gasteiger partial charge on any atom is 0.330 e. The third-order valence-electron chi connectivity index (χ3n) is 4.41. The fourth-order valence-corrected chi connectivity index (χ4v) is 3.53. The quantitative estimate of drug-likeness (QED) is 0.536. The van der Waals surface area contributed by atoms with Crippen LogP contribution in [0.1, 0.15) is 11.1 Å². The Bertz CT molecular complexity index is 1130. The number of nitrogens with two attached hydrogens (primary N) is 1. The van der Waals surface area contributed by atoms with E-state index in [0.29, 0.717) is 0 Å². The number of anilines is 2. The van der Waals surface area contributed by atoms with Crippen LogP contribution in [0.2, 0.25) is 0 Å². The van der Waals surface area contributed by atoms with E-state index in [9.17, 15) is 14.4 Å². The number of ether oxygens (including phenoxy) is 1. The summed E-state index contributed by atoms with van der Waals surface area (Å²) in [6.07, 6.45) is 3.05. The average Bonchev–Trinajstić information content (AvgIpc) is 3.25. The van der Waals surface area contributed by atoms with Gasteiger partial charge in [0, 0.05) is 13.2 Å². The normalized spacial score (nSPS) is 11.1. The van der Waals surface area contributed by atoms with Crippen molar-refractivity contribution in [1.29, 1.82) is 0 Å². The van der Waals surface area contributed by atoms with E-state index in [1.165, 1.54) is 34.0 Å². The molecule has 0 atom stereocenters. The molecule has 30 heavy (non-hydrogen) atoms. The molecule has 0 radical (unpaired) electrons. The highest BCUT2D eigenvalue weighted by Crippen LogP contribution is 2.20. The predicted molar refractivity (Wildman–Crippen MR) is 119 cm³/mol. The molecule has 0 bridgehead atoms. The number of nitrogens with zero attached hydrogens (tertiary/aromatic N) is 2. The number of aromatic amines is 1. The van der Waals surface area contributed by atoms with Gasteiger partial charge in [-0.3, -0.25) is 24.0 Å². The Kier molecular flexibility index (Phi) is 6.99. The van der Waals surface area contributed by atoms with Crippen LogP contribution in [0.4, 0.5) is 11.5 Å². The lowest BCUT2D eigenvalue weighted by atomic mass is 10.2. The van der Waals surface area contributed by atoms with E-state index in [-0.39, 0.29) is 31.2 Å². The van der Waals surface area contributed by atoms with Crippen molar-refractivity contribution >= 4 is 34.8 Å². The molecule has 0 unspecified atom stereocenters. The largest absolute Gasteiger partial charge is 0.383 e. The highest BCUT2D eigenvalue weighted by molar-refractivity contribution is 7.08. The molecule has 1 amide bonds. The minimum absolute atomic E-state index is 0.0745. The Morgan fingerprint density at radius 3 is 2.70 bits per heavy atom. The summed E-state index contributed by atoms with van der Waals surface area (Å²) in [6.45, 7) is 0.479. The number of aromatic nitrogens is 2. The van der Waals surface area contributed by atoms with Crippen molar-refractivity contribution in [3.05, 3.63) is 85.2 Å². The zero-order chi connectivity index (χ0) is 21.5. The first-order chi connectivity index (χ1) is 14.5. The summed E-state index contributed by atoms with van der Waals surface area (Å²) in [5, 5.41) is 3.80. The maximum absolute atomic E-state index is 13.1. The number of methoxy groups -OCH3 is 1. The number of amides is 1. The second-order valence-corrected chi connectivity index (χ2v) is 7.22. The molecule has 9 heteroatoms. The standard InChI is InChI=1S/C21H22N4O4S/c1-29-11-10-24-19(22)18(20(27)23-21(24)28)25(13-15-5-3-2-4-6-15)17(26)8-7-16-9-12-30-14-16/h2-9,12,14H,10-11,13,22H2,1H3,(H,23,27,28). The smallest absolute Gasteiger partial charge is 0.330 e. The van der Waals surface area contributed by atoms with Gasteiger partial charge in [0.2, 0.25) is 0 Å². The molecule has 8 nitrogen and oxygen atoms in total. The van der Waals surface area contributed by atoms with Crippen LogP contribution in [0.3, 0.4) is 0 Å². The summed E-state index contributed by atoms with van der Waals surface area (Å²) >= 11 is 1.51. The minimum atomic E-state index is -0.723. The van der Waals surface area contributed by atoms with Crippen LogP contribution in [-0.2, 0) is 22.6 Å². The number of nitrogens with one attached hydrogen (secondary N) is 1. The highest BCUT2D eigenvalue weighted by atomic mass is 32.1. The summed E-state index contributed by atoms with van der Waals surface area (Å²) in [6, 6.07) is 11.1. The molecule has 0 aliphatic rings. The van der Waals surface area contributed by atoms with Gasteiger partial charge in [0.15, 0.2) is 5.69 Å². The molecule has 2 heterocycles. The molecule has 156 valence electrons. The van der Waals surface area contributed by atoms with E-state index in [2.05, 4.69) is 4.98 Å². The lowest BCUT2D eigenvalue weighted by molar-refractivity contribution is -0.114. The van der Waals surface area contributed by atoms with Gasteiger partial charge in [0.25, 0.3) is 11.5 Å². The van der Waals surface area contributed by atoms with Gasteiger partial charge in [-0.15, -0.1) is 0 Å². The van der Waals surface area contributed by atoms with Crippen LogP contribution in [-0.4, -0.2) is 29.2 Å². The molecular weight excluding hydrogens is 404 g/mol. The van der Waals surface area contributed by atoms with Crippen LogP contribution in [0, 0.1) is 0 Å². The number of benzene rings is 1. The van der Waals surface area contributed by atoms with Crippen molar-refractivity contribution in [3.8, 4) is 0 Å². The number of nitrogen functional groups attached to an aromatic ring is 1. The second-order valence-electron chi connectivity index (χ2n) is 6.44. The van der Waals surface area contributed by atoms with Gasteiger partial charge in [-0.05, 0) is 34.0 Å². The van der Waals surface area contributed by atoms with Crippen molar-refractivity contribution < 1.29 is 9.53 Å². The van der Waals surface area contributed by atoms with Crippen LogP contribution < -0.4 is 21.9 Å². The van der Waals surface area contributed by atoms with Gasteiger partial charge in [-0.1, -0.05) is 30.3 Å². The van der Waals surface area contributed by atoms with Crippen LogP contribution in [0.15, 0.2) is 62.8 Å². The van der Waals surface area contributed by atoms with Gasteiger partial charge in [0.05, 0.1) is 19.7 Å². The van der Waals surface area contributed by atoms with Crippen molar-refractivity contribution in [1.82, 2.24) is 9.55 Å². The number of rotatable bonds is 8. The maximum atomic E-state index is 13.1. The zero-order valence-electron chi connectivity index (χ0n) is 16.4. The van der Waals surface area contributed by atoms with E-state index >= 15 is 0 Å². The number of hydrogen-bond donors (Lipinski definition) is 2. The molecule has 0 saturated heterocycles. The zero-order valence-corrected chi connectivity index (χ0v) is 17.2. The molecule has 0 saturated carbocycles. The predicted octanol–water partition coefficient (Wildman–Crippen LogP) is 2.07. The Morgan fingerprint density at radius 2 is 2.03 bits per heavy atom. The highest BCUT2D eigenvalue weighted by Gasteiger charge is 2.23. The van der Waals surface area contributed by atoms with Gasteiger partial charge >= 0.3 is 5.69 Å². The fourth-order valence-electron chi connectivity index (χ4n) is 2.90. The van der Waals surface area contributed by atoms with Gasteiger partial charge in [-0.2, -0.15) is 11.3 Å². The Morgan fingerprint density at radius 1 is 1.27 bits per heavy atom. The Hall–Kier alpha value is -3.43. The molecule has 2 aromatic heterocycles. The van der Waals surface area contributed by atoms with Gasteiger partial charge in [-0.25, -0.2) is 4.79 Å². The first kappa shape index (κ1) is 21.3. The third-order valence-corrected chi connectivity index (χ3v) is 5.12. The lowest BCUT2D eigenvalue weighted by Gasteiger charge is -2.23. The first-order valence-electron chi connectivity index (χ1n) is 9.18. The molecular formula is C21H22N4O4S. The van der Waals surface area contributed by atoms with Crippen molar-refractivity contribution in [2.75, 3.05) is 24.4 Å².